The Labute approximate surface area is 97.6 Å². The topological polar surface area (TPSA) is 78.4 Å². The van der Waals surface area contributed by atoms with Gasteiger partial charge >= 0.3 is 12.0 Å². The zero-order valence-corrected chi connectivity index (χ0v) is 9.45. The molecule has 0 saturated carbocycles. The molecule has 1 aromatic rings. The van der Waals surface area contributed by atoms with Crippen LogP contribution in [-0.2, 0) is 4.79 Å². The van der Waals surface area contributed by atoms with E-state index in [1.165, 1.54) is 25.1 Å². The van der Waals surface area contributed by atoms with Crippen molar-refractivity contribution < 1.29 is 19.1 Å². The predicted molar refractivity (Wildman–Crippen MR) is 60.4 cm³/mol. The molecule has 3 N–H and O–H groups in total. The number of amides is 2. The third kappa shape index (κ3) is 3.75. The lowest BCUT2D eigenvalue weighted by atomic mass is 10.2. The second-order valence-corrected chi connectivity index (χ2v) is 3.62. The van der Waals surface area contributed by atoms with Crippen LogP contribution in [0.15, 0.2) is 18.2 Å². The molecule has 0 radical (unpaired) electrons. The van der Waals surface area contributed by atoms with Crippen molar-refractivity contribution in [3.63, 3.8) is 0 Å². The van der Waals surface area contributed by atoms with Crippen LogP contribution in [0.25, 0.3) is 0 Å². The number of halogens is 1. The molecule has 1 rings (SSSR count). The lowest BCUT2D eigenvalue weighted by molar-refractivity contribution is -0.138. The summed E-state index contributed by atoms with van der Waals surface area (Å²) in [5.41, 5.74) is 0.799. The summed E-state index contributed by atoms with van der Waals surface area (Å²) in [6.45, 7) is 2.91. The summed E-state index contributed by atoms with van der Waals surface area (Å²) in [7, 11) is 0. The lowest BCUT2D eigenvalue weighted by Crippen LogP contribution is -2.40. The first kappa shape index (κ1) is 13.0. The van der Waals surface area contributed by atoms with Crippen LogP contribution in [0.5, 0.6) is 0 Å². The Bertz CT molecular complexity index is 448. The van der Waals surface area contributed by atoms with E-state index in [-0.39, 0.29) is 5.82 Å². The van der Waals surface area contributed by atoms with Gasteiger partial charge in [0, 0.05) is 5.69 Å². The maximum atomic E-state index is 12.9. The van der Waals surface area contributed by atoms with E-state index in [1.54, 1.807) is 6.92 Å². The highest BCUT2D eigenvalue weighted by Crippen LogP contribution is 2.13. The molecule has 1 aromatic carbocycles. The van der Waals surface area contributed by atoms with Gasteiger partial charge in [0.2, 0.25) is 0 Å². The van der Waals surface area contributed by atoms with E-state index in [0.29, 0.717) is 11.3 Å². The highest BCUT2D eigenvalue weighted by atomic mass is 19.1. The van der Waals surface area contributed by atoms with E-state index in [2.05, 4.69) is 10.6 Å². The number of aliphatic carboxylic acids is 1. The number of urea groups is 1. The van der Waals surface area contributed by atoms with Gasteiger partial charge in [-0.3, -0.25) is 4.79 Å². The largest absolute Gasteiger partial charge is 0.480 e. The first-order chi connectivity index (χ1) is 7.90. The van der Waals surface area contributed by atoms with E-state index < -0.39 is 18.0 Å². The molecule has 0 aliphatic heterocycles. The molecule has 0 fully saturated rings. The smallest absolute Gasteiger partial charge is 0.325 e. The third-order valence-corrected chi connectivity index (χ3v) is 2.13. The Kier molecular flexibility index (Phi) is 4.03. The number of nitrogens with one attached hydrogen (secondary N) is 2. The van der Waals surface area contributed by atoms with Gasteiger partial charge in [-0.05, 0) is 37.6 Å². The predicted octanol–water partition coefficient (Wildman–Crippen LogP) is 1.73. The second kappa shape index (κ2) is 5.29. The van der Waals surface area contributed by atoms with Gasteiger partial charge < -0.3 is 15.7 Å². The van der Waals surface area contributed by atoms with Crippen molar-refractivity contribution in [3.05, 3.63) is 29.6 Å². The van der Waals surface area contributed by atoms with E-state index in [0.717, 1.165) is 0 Å². The molecule has 0 aliphatic carbocycles. The number of rotatable bonds is 3. The molecule has 92 valence electrons. The molecule has 5 nitrogen and oxygen atoms in total. The van der Waals surface area contributed by atoms with Crippen molar-refractivity contribution in [2.75, 3.05) is 5.32 Å². The minimum Gasteiger partial charge on any atom is -0.480 e. The van der Waals surface area contributed by atoms with Crippen LogP contribution in [0.4, 0.5) is 14.9 Å². The summed E-state index contributed by atoms with van der Waals surface area (Å²) in [4.78, 5) is 21.8. The molecule has 6 heteroatoms. The molecule has 0 heterocycles. The Morgan fingerprint density at radius 1 is 1.41 bits per heavy atom. The fraction of sp³-hybridized carbons (Fsp3) is 0.273. The molecular weight excluding hydrogens is 227 g/mol. The molecule has 0 bridgehead atoms. The first-order valence-corrected chi connectivity index (χ1v) is 4.96. The second-order valence-electron chi connectivity index (χ2n) is 3.62. The van der Waals surface area contributed by atoms with E-state index >= 15 is 0 Å². The van der Waals surface area contributed by atoms with Gasteiger partial charge in [-0.2, -0.15) is 0 Å². The number of hydrogen-bond acceptors (Lipinski definition) is 2. The highest BCUT2D eigenvalue weighted by Gasteiger charge is 2.13. The summed E-state index contributed by atoms with van der Waals surface area (Å²) >= 11 is 0. The van der Waals surface area contributed by atoms with Crippen molar-refractivity contribution >= 4 is 17.7 Å². The number of carboxylic acid groups (broad SMARTS) is 1. The van der Waals surface area contributed by atoms with Crippen molar-refractivity contribution in [3.8, 4) is 0 Å². The summed E-state index contributed by atoms with van der Waals surface area (Å²) in [6, 6.07) is 2.45. The van der Waals surface area contributed by atoms with Gasteiger partial charge in [0.05, 0.1) is 0 Å². The van der Waals surface area contributed by atoms with Gasteiger partial charge in [-0.25, -0.2) is 9.18 Å². The van der Waals surface area contributed by atoms with Crippen LogP contribution in [0.2, 0.25) is 0 Å². The van der Waals surface area contributed by atoms with Gasteiger partial charge in [-0.1, -0.05) is 0 Å². The molecule has 0 aromatic heterocycles. The zero-order chi connectivity index (χ0) is 13.0. The molecule has 0 aliphatic rings. The highest BCUT2D eigenvalue weighted by molar-refractivity contribution is 5.92. The van der Waals surface area contributed by atoms with Crippen molar-refractivity contribution in [2.45, 2.75) is 19.9 Å². The maximum Gasteiger partial charge on any atom is 0.325 e. The van der Waals surface area contributed by atoms with Crippen LogP contribution in [0.3, 0.4) is 0 Å². The van der Waals surface area contributed by atoms with Crippen molar-refractivity contribution in [2.24, 2.45) is 0 Å². The molecule has 2 amide bonds. The van der Waals surface area contributed by atoms with Gasteiger partial charge in [-0.15, -0.1) is 0 Å². The van der Waals surface area contributed by atoms with Crippen molar-refractivity contribution in [1.29, 1.82) is 0 Å². The average molecular weight is 240 g/mol. The fourth-order valence-electron chi connectivity index (χ4n) is 1.15. The summed E-state index contributed by atoms with van der Waals surface area (Å²) < 4.78 is 12.9. The maximum absolute atomic E-state index is 12.9. The molecular formula is C11H13FN2O3. The fourth-order valence-corrected chi connectivity index (χ4v) is 1.15. The number of carboxylic acids is 1. The SMILES string of the molecule is Cc1cc(NC(=O)N[C@H](C)C(=O)O)ccc1F. The number of aryl methyl sites for hydroxylation is 1. The minimum atomic E-state index is -1.13. The standard InChI is InChI=1S/C11H13FN2O3/c1-6-5-8(3-4-9(6)12)14-11(17)13-7(2)10(15)16/h3-5,7H,1-2H3,(H,15,16)(H2,13,14,17)/t7-/m1/s1. The van der Waals surface area contributed by atoms with E-state index in [9.17, 15) is 14.0 Å². The summed E-state index contributed by atoms with van der Waals surface area (Å²) in [6.07, 6.45) is 0. The quantitative estimate of drug-likeness (QED) is 0.752. The molecule has 17 heavy (non-hydrogen) atoms. The Balaban J connectivity index is 2.62. The number of hydrogen-bond donors (Lipinski definition) is 3. The molecule has 0 saturated heterocycles. The minimum absolute atomic E-state index is 0.366. The van der Waals surface area contributed by atoms with Crippen LogP contribution >= 0.6 is 0 Å². The van der Waals surface area contributed by atoms with E-state index in [1.807, 2.05) is 0 Å². The average Bonchev–Trinajstić information content (AvgIpc) is 2.23. The Morgan fingerprint density at radius 2 is 2.06 bits per heavy atom. The summed E-state index contributed by atoms with van der Waals surface area (Å²) in [5, 5.41) is 13.2. The molecule has 0 unspecified atom stereocenters. The van der Waals surface area contributed by atoms with Gasteiger partial charge in [0.1, 0.15) is 11.9 Å². The zero-order valence-electron chi connectivity index (χ0n) is 9.45. The molecule has 1 atom stereocenters. The van der Waals surface area contributed by atoms with Gasteiger partial charge in [0.25, 0.3) is 0 Å². The van der Waals surface area contributed by atoms with Crippen LogP contribution in [-0.4, -0.2) is 23.1 Å². The number of anilines is 1. The lowest BCUT2D eigenvalue weighted by Gasteiger charge is -2.11. The van der Waals surface area contributed by atoms with Crippen LogP contribution in [0, 0.1) is 12.7 Å². The number of carbonyl (C=O) groups is 2. The normalized spacial score (nSPS) is 11.7. The van der Waals surface area contributed by atoms with E-state index in [4.69, 9.17) is 5.11 Å². The van der Waals surface area contributed by atoms with Crippen LogP contribution < -0.4 is 10.6 Å². The van der Waals surface area contributed by atoms with Gasteiger partial charge in [0.15, 0.2) is 0 Å². The Hall–Kier alpha value is -2.11. The third-order valence-electron chi connectivity index (χ3n) is 2.13. The van der Waals surface area contributed by atoms with Crippen molar-refractivity contribution in [1.82, 2.24) is 5.32 Å². The number of benzene rings is 1. The molecule has 0 spiro atoms. The first-order valence-electron chi connectivity index (χ1n) is 4.96. The Morgan fingerprint density at radius 3 is 2.59 bits per heavy atom. The van der Waals surface area contributed by atoms with Crippen LogP contribution in [0.1, 0.15) is 12.5 Å². The number of carbonyl (C=O) groups excluding carboxylic acids is 1. The monoisotopic (exact) mass is 240 g/mol. The summed E-state index contributed by atoms with van der Waals surface area (Å²) in [5.74, 6) is -1.50.